The van der Waals surface area contributed by atoms with Crippen LogP contribution in [0.2, 0.25) is 0 Å². The van der Waals surface area contributed by atoms with Crippen molar-refractivity contribution in [2.24, 2.45) is 5.92 Å². The van der Waals surface area contributed by atoms with Gasteiger partial charge < -0.3 is 15.2 Å². The molecule has 1 aliphatic heterocycles. The van der Waals surface area contributed by atoms with Crippen LogP contribution in [0.25, 0.3) is 11.1 Å². The first-order valence-corrected chi connectivity index (χ1v) is 9.91. The Morgan fingerprint density at radius 1 is 1.10 bits per heavy atom. The summed E-state index contributed by atoms with van der Waals surface area (Å²) in [6.07, 6.45) is 7.43. The second kappa shape index (κ2) is 10.2. The lowest BCUT2D eigenvalue weighted by Gasteiger charge is -2.22. The lowest BCUT2D eigenvalue weighted by molar-refractivity contribution is -0.125. The Labute approximate surface area is 178 Å². The lowest BCUT2D eigenvalue weighted by Crippen LogP contribution is -2.37. The predicted molar refractivity (Wildman–Crippen MR) is 118 cm³/mol. The molecular formula is C23H27ClN4O. The molecule has 0 aliphatic carbocycles. The molecular weight excluding hydrogens is 384 g/mol. The first kappa shape index (κ1) is 21.1. The summed E-state index contributed by atoms with van der Waals surface area (Å²) in [4.78, 5) is 16.6. The van der Waals surface area contributed by atoms with Crippen molar-refractivity contribution in [1.82, 2.24) is 20.2 Å². The van der Waals surface area contributed by atoms with E-state index in [0.717, 1.165) is 38.0 Å². The number of nitrogens with zero attached hydrogens (tertiary/aromatic N) is 2. The van der Waals surface area contributed by atoms with Crippen molar-refractivity contribution >= 4 is 18.3 Å². The maximum atomic E-state index is 12.5. The number of imidazole rings is 1. The number of hydrogen-bond acceptors (Lipinski definition) is 3. The highest BCUT2D eigenvalue weighted by Gasteiger charge is 2.20. The summed E-state index contributed by atoms with van der Waals surface area (Å²) < 4.78 is 2.05. The minimum atomic E-state index is 0. The average Bonchev–Trinajstić information content (AvgIpc) is 3.26. The summed E-state index contributed by atoms with van der Waals surface area (Å²) in [6, 6.07) is 16.9. The number of carbonyl (C=O) groups is 1. The van der Waals surface area contributed by atoms with E-state index in [2.05, 4.69) is 56.6 Å². The van der Waals surface area contributed by atoms with Crippen LogP contribution >= 0.6 is 12.4 Å². The van der Waals surface area contributed by atoms with Crippen molar-refractivity contribution in [2.45, 2.75) is 25.9 Å². The SMILES string of the molecule is Cl.O=C(NCc1ccccc1-c1ccc(Cn2ccnc2)cc1)C1CCNCC1. The zero-order valence-corrected chi connectivity index (χ0v) is 17.2. The fourth-order valence-electron chi connectivity index (χ4n) is 3.75. The zero-order chi connectivity index (χ0) is 19.2. The molecule has 29 heavy (non-hydrogen) atoms. The van der Waals surface area contributed by atoms with E-state index >= 15 is 0 Å². The van der Waals surface area contributed by atoms with Crippen LogP contribution in [0.15, 0.2) is 67.3 Å². The number of halogens is 1. The van der Waals surface area contributed by atoms with Gasteiger partial charge in [0.2, 0.25) is 5.91 Å². The molecule has 152 valence electrons. The Morgan fingerprint density at radius 2 is 1.86 bits per heavy atom. The van der Waals surface area contributed by atoms with E-state index < -0.39 is 0 Å². The molecule has 6 heteroatoms. The summed E-state index contributed by atoms with van der Waals surface area (Å²) in [5, 5.41) is 6.45. The number of benzene rings is 2. The Morgan fingerprint density at radius 3 is 2.59 bits per heavy atom. The molecule has 0 atom stereocenters. The predicted octanol–water partition coefficient (Wildman–Crippen LogP) is 3.64. The monoisotopic (exact) mass is 410 g/mol. The van der Waals surface area contributed by atoms with E-state index in [-0.39, 0.29) is 24.2 Å². The number of hydrogen-bond donors (Lipinski definition) is 2. The van der Waals surface area contributed by atoms with Gasteiger partial charge in [0.05, 0.1) is 6.33 Å². The van der Waals surface area contributed by atoms with Gasteiger partial charge in [-0.2, -0.15) is 0 Å². The van der Waals surface area contributed by atoms with E-state index in [1.165, 1.54) is 16.7 Å². The standard InChI is InChI=1S/C23H26N4O.ClH/c28-23(20-9-11-24-12-10-20)26-15-21-3-1-2-4-22(21)19-7-5-18(6-8-19)16-27-14-13-25-17-27;/h1-8,13-14,17,20,24H,9-12,15-16H2,(H,26,28);1H. The van der Waals surface area contributed by atoms with Gasteiger partial charge in [-0.05, 0) is 48.2 Å². The topological polar surface area (TPSA) is 59.0 Å². The Balaban J connectivity index is 0.00000240. The quantitative estimate of drug-likeness (QED) is 0.652. The molecule has 2 N–H and O–H groups in total. The van der Waals surface area contributed by atoms with Gasteiger partial charge in [0.25, 0.3) is 0 Å². The number of piperidine rings is 1. The molecule has 1 aliphatic rings. The zero-order valence-electron chi connectivity index (χ0n) is 16.4. The maximum Gasteiger partial charge on any atom is 0.223 e. The van der Waals surface area contributed by atoms with Gasteiger partial charge in [-0.3, -0.25) is 4.79 Å². The van der Waals surface area contributed by atoms with Crippen LogP contribution in [-0.4, -0.2) is 28.5 Å². The number of amides is 1. The maximum absolute atomic E-state index is 12.5. The third-order valence-electron chi connectivity index (χ3n) is 5.37. The van der Waals surface area contributed by atoms with E-state index in [0.29, 0.717) is 6.54 Å². The summed E-state index contributed by atoms with van der Waals surface area (Å²) >= 11 is 0. The van der Waals surface area contributed by atoms with E-state index in [4.69, 9.17) is 0 Å². The highest BCUT2D eigenvalue weighted by molar-refractivity contribution is 5.85. The highest BCUT2D eigenvalue weighted by Crippen LogP contribution is 2.24. The minimum absolute atomic E-state index is 0. The molecule has 1 saturated heterocycles. The Bertz CT molecular complexity index is 903. The molecule has 0 saturated carbocycles. The number of aromatic nitrogens is 2. The highest BCUT2D eigenvalue weighted by atomic mass is 35.5. The summed E-state index contributed by atoms with van der Waals surface area (Å²) in [7, 11) is 0. The summed E-state index contributed by atoms with van der Waals surface area (Å²) in [5.74, 6) is 0.308. The van der Waals surface area contributed by atoms with Gasteiger partial charge in [-0.1, -0.05) is 48.5 Å². The van der Waals surface area contributed by atoms with Crippen molar-refractivity contribution in [2.75, 3.05) is 13.1 Å². The van der Waals surface area contributed by atoms with E-state index in [1.807, 2.05) is 24.7 Å². The molecule has 3 aromatic rings. The van der Waals surface area contributed by atoms with Crippen LogP contribution in [0.4, 0.5) is 0 Å². The van der Waals surface area contributed by atoms with Gasteiger partial charge in [-0.15, -0.1) is 12.4 Å². The molecule has 2 heterocycles. The van der Waals surface area contributed by atoms with Crippen LogP contribution in [0, 0.1) is 5.92 Å². The molecule has 0 radical (unpaired) electrons. The van der Waals surface area contributed by atoms with Crippen molar-refractivity contribution in [3.05, 3.63) is 78.4 Å². The third kappa shape index (κ3) is 5.46. The van der Waals surface area contributed by atoms with Crippen molar-refractivity contribution in [3.8, 4) is 11.1 Å². The number of nitrogens with one attached hydrogen (secondary N) is 2. The smallest absolute Gasteiger partial charge is 0.223 e. The first-order valence-electron chi connectivity index (χ1n) is 9.91. The normalized spacial score (nSPS) is 14.2. The van der Waals surface area contributed by atoms with Crippen LogP contribution in [0.3, 0.4) is 0 Å². The fraction of sp³-hybridized carbons (Fsp3) is 0.304. The molecule has 1 fully saturated rings. The molecule has 1 amide bonds. The van der Waals surface area contributed by atoms with E-state index in [9.17, 15) is 4.79 Å². The van der Waals surface area contributed by atoms with Gasteiger partial charge in [0.1, 0.15) is 0 Å². The Kier molecular flexibility index (Phi) is 7.44. The molecule has 0 unspecified atom stereocenters. The van der Waals surface area contributed by atoms with Gasteiger partial charge in [-0.25, -0.2) is 4.98 Å². The van der Waals surface area contributed by atoms with Gasteiger partial charge in [0.15, 0.2) is 0 Å². The number of carbonyl (C=O) groups excluding carboxylic acids is 1. The largest absolute Gasteiger partial charge is 0.352 e. The van der Waals surface area contributed by atoms with Crippen molar-refractivity contribution in [1.29, 1.82) is 0 Å². The average molecular weight is 411 g/mol. The van der Waals surface area contributed by atoms with Crippen molar-refractivity contribution in [3.63, 3.8) is 0 Å². The van der Waals surface area contributed by atoms with Crippen LogP contribution in [-0.2, 0) is 17.9 Å². The van der Waals surface area contributed by atoms with Crippen molar-refractivity contribution < 1.29 is 4.79 Å². The van der Waals surface area contributed by atoms with Crippen LogP contribution in [0.5, 0.6) is 0 Å². The first-order chi connectivity index (χ1) is 13.8. The fourth-order valence-corrected chi connectivity index (χ4v) is 3.75. The summed E-state index contributed by atoms with van der Waals surface area (Å²) in [5.41, 5.74) is 4.72. The molecule has 0 bridgehead atoms. The van der Waals surface area contributed by atoms with Crippen LogP contribution < -0.4 is 10.6 Å². The lowest BCUT2D eigenvalue weighted by atomic mass is 9.96. The molecule has 1 aromatic heterocycles. The Hall–Kier alpha value is -2.63. The second-order valence-electron chi connectivity index (χ2n) is 7.33. The second-order valence-corrected chi connectivity index (χ2v) is 7.33. The summed E-state index contributed by atoms with van der Waals surface area (Å²) in [6.45, 7) is 3.24. The molecule has 4 rings (SSSR count). The minimum Gasteiger partial charge on any atom is -0.352 e. The molecule has 2 aromatic carbocycles. The van der Waals surface area contributed by atoms with E-state index in [1.54, 1.807) is 6.20 Å². The van der Waals surface area contributed by atoms with Gasteiger partial charge >= 0.3 is 0 Å². The number of rotatable bonds is 6. The third-order valence-corrected chi connectivity index (χ3v) is 5.37. The van der Waals surface area contributed by atoms with Gasteiger partial charge in [0, 0.05) is 31.4 Å². The van der Waals surface area contributed by atoms with Crippen LogP contribution in [0.1, 0.15) is 24.0 Å². The molecule has 0 spiro atoms. The molecule has 5 nitrogen and oxygen atoms in total.